The molecule has 0 radical (unpaired) electrons. The zero-order valence-corrected chi connectivity index (χ0v) is 15.2. The first-order valence-electron chi connectivity index (χ1n) is 7.78. The van der Waals surface area contributed by atoms with Crippen LogP contribution in [0.2, 0.25) is 0 Å². The second-order valence-electron chi connectivity index (χ2n) is 5.37. The van der Waals surface area contributed by atoms with Gasteiger partial charge in [0.25, 0.3) is 0 Å². The molecule has 28 heavy (non-hydrogen) atoms. The third-order valence-corrected chi connectivity index (χ3v) is 3.94. The molecule has 0 fully saturated rings. The molecule has 0 aliphatic carbocycles. The average Bonchev–Trinajstić information content (AvgIpc) is 2.69. The number of anilines is 1. The van der Waals surface area contributed by atoms with Crippen molar-refractivity contribution in [3.8, 4) is 29.0 Å². The van der Waals surface area contributed by atoms with Gasteiger partial charge in [-0.3, -0.25) is 0 Å². The summed E-state index contributed by atoms with van der Waals surface area (Å²) in [6.07, 6.45) is 1.71. The van der Waals surface area contributed by atoms with Crippen LogP contribution >= 0.6 is 11.9 Å². The zero-order chi connectivity index (χ0) is 20.1. The molecule has 1 aromatic carbocycles. The highest BCUT2D eigenvalue weighted by molar-refractivity contribution is 7.99. The van der Waals surface area contributed by atoms with Gasteiger partial charge in [0.1, 0.15) is 17.5 Å². The van der Waals surface area contributed by atoms with Crippen LogP contribution in [0.5, 0.6) is 11.6 Å². The number of aromatic nitrogens is 3. The Bertz CT molecular complexity index is 1020. The van der Waals surface area contributed by atoms with E-state index in [1.54, 1.807) is 12.3 Å². The molecule has 0 unspecified atom stereocenters. The Labute approximate surface area is 162 Å². The highest BCUT2D eigenvalue weighted by Gasteiger charge is 2.30. The van der Waals surface area contributed by atoms with Gasteiger partial charge in [-0.2, -0.15) is 18.4 Å². The van der Waals surface area contributed by atoms with Gasteiger partial charge in [-0.15, -0.1) is 0 Å². The van der Waals surface area contributed by atoms with Gasteiger partial charge in [-0.1, -0.05) is 11.9 Å². The molecule has 0 bridgehead atoms. The van der Waals surface area contributed by atoms with Crippen LogP contribution in [-0.4, -0.2) is 21.2 Å². The maximum Gasteiger partial charge on any atom is 0.416 e. The predicted molar refractivity (Wildman–Crippen MR) is 98.6 cm³/mol. The summed E-state index contributed by atoms with van der Waals surface area (Å²) in [7, 11) is 0. The van der Waals surface area contributed by atoms with Crippen LogP contribution in [0.15, 0.2) is 48.9 Å². The van der Waals surface area contributed by atoms with Crippen molar-refractivity contribution < 1.29 is 17.9 Å². The van der Waals surface area contributed by atoms with Gasteiger partial charge in [-0.05, 0) is 30.3 Å². The van der Waals surface area contributed by atoms with Crippen molar-refractivity contribution in [3.05, 3.63) is 60.0 Å². The van der Waals surface area contributed by atoms with Gasteiger partial charge in [0.2, 0.25) is 5.88 Å². The standard InChI is InChI=1S/C18H12F3N5OS/c1-28-26-16-11(9-22)8-12(10-25-16)15-17(24-7-6-23-15)27-14-4-2-13(3-5-14)18(19,20)21/h2-8,10H,1H3,(H,25,26). The van der Waals surface area contributed by atoms with Gasteiger partial charge in [0.05, 0.1) is 11.1 Å². The molecular formula is C18H12F3N5OS. The fraction of sp³-hybridized carbons (Fsp3) is 0.111. The summed E-state index contributed by atoms with van der Waals surface area (Å²) in [5.74, 6) is 0.662. The summed E-state index contributed by atoms with van der Waals surface area (Å²) in [4.78, 5) is 12.5. The van der Waals surface area contributed by atoms with Crippen molar-refractivity contribution in [1.29, 1.82) is 5.26 Å². The van der Waals surface area contributed by atoms with E-state index in [-0.39, 0.29) is 11.6 Å². The normalized spacial score (nSPS) is 11.0. The summed E-state index contributed by atoms with van der Waals surface area (Å²) in [6, 6.07) is 7.87. The second-order valence-corrected chi connectivity index (χ2v) is 5.98. The van der Waals surface area contributed by atoms with Crippen molar-refractivity contribution >= 4 is 17.8 Å². The second kappa shape index (κ2) is 8.14. The molecule has 0 amide bonds. The summed E-state index contributed by atoms with van der Waals surface area (Å²) in [5, 5.41) is 9.31. The van der Waals surface area contributed by atoms with E-state index in [9.17, 15) is 18.4 Å². The molecule has 0 aliphatic rings. The lowest BCUT2D eigenvalue weighted by atomic mass is 10.1. The SMILES string of the molecule is CSNc1ncc(-c2nccnc2Oc2ccc(C(F)(F)F)cc2)cc1C#N. The Kier molecular flexibility index (Phi) is 5.65. The van der Waals surface area contributed by atoms with Crippen LogP contribution < -0.4 is 9.46 Å². The Morgan fingerprint density at radius 1 is 1.11 bits per heavy atom. The number of nitrogens with zero attached hydrogens (tertiary/aromatic N) is 4. The molecule has 1 N–H and O–H groups in total. The molecule has 10 heteroatoms. The van der Waals surface area contributed by atoms with Crippen LogP contribution in [0.3, 0.4) is 0 Å². The number of benzene rings is 1. The van der Waals surface area contributed by atoms with E-state index in [0.29, 0.717) is 22.6 Å². The Balaban J connectivity index is 1.93. The molecule has 3 aromatic rings. The number of hydrogen-bond donors (Lipinski definition) is 1. The largest absolute Gasteiger partial charge is 0.437 e. The molecule has 0 atom stereocenters. The number of nitrogens with one attached hydrogen (secondary N) is 1. The molecule has 0 saturated carbocycles. The quantitative estimate of drug-likeness (QED) is 0.606. The fourth-order valence-electron chi connectivity index (χ4n) is 2.28. The first kappa shape index (κ1) is 19.4. The summed E-state index contributed by atoms with van der Waals surface area (Å²) >= 11 is 1.30. The Hall–Kier alpha value is -3.32. The average molecular weight is 403 g/mol. The lowest BCUT2D eigenvalue weighted by Crippen LogP contribution is -2.04. The van der Waals surface area contributed by atoms with Crippen molar-refractivity contribution in [2.24, 2.45) is 0 Å². The van der Waals surface area contributed by atoms with Crippen LogP contribution in [0, 0.1) is 11.3 Å². The van der Waals surface area contributed by atoms with E-state index >= 15 is 0 Å². The van der Waals surface area contributed by atoms with E-state index < -0.39 is 11.7 Å². The van der Waals surface area contributed by atoms with Crippen LogP contribution in [0.4, 0.5) is 19.0 Å². The van der Waals surface area contributed by atoms with Crippen LogP contribution in [0.25, 0.3) is 11.3 Å². The minimum Gasteiger partial charge on any atom is -0.437 e. The molecular weight excluding hydrogens is 391 g/mol. The Morgan fingerprint density at radius 2 is 1.82 bits per heavy atom. The van der Waals surface area contributed by atoms with E-state index in [4.69, 9.17) is 4.74 Å². The lowest BCUT2D eigenvalue weighted by Gasteiger charge is -2.11. The number of hydrogen-bond acceptors (Lipinski definition) is 7. The van der Waals surface area contributed by atoms with Crippen LogP contribution in [0.1, 0.15) is 11.1 Å². The number of pyridine rings is 1. The monoisotopic (exact) mass is 403 g/mol. The topological polar surface area (TPSA) is 83.7 Å². The maximum absolute atomic E-state index is 12.7. The highest BCUT2D eigenvalue weighted by Crippen LogP contribution is 2.33. The van der Waals surface area contributed by atoms with E-state index in [0.717, 1.165) is 12.1 Å². The van der Waals surface area contributed by atoms with Gasteiger partial charge >= 0.3 is 6.18 Å². The third-order valence-electron chi connectivity index (χ3n) is 3.54. The molecule has 0 saturated heterocycles. The van der Waals surface area contributed by atoms with Gasteiger partial charge in [-0.25, -0.2) is 15.0 Å². The molecule has 3 rings (SSSR count). The smallest absolute Gasteiger partial charge is 0.416 e. The molecule has 0 spiro atoms. The van der Waals surface area contributed by atoms with Gasteiger partial charge < -0.3 is 9.46 Å². The number of halogens is 3. The van der Waals surface area contributed by atoms with Gasteiger partial charge in [0.15, 0.2) is 5.82 Å². The number of rotatable bonds is 5. The summed E-state index contributed by atoms with van der Waals surface area (Å²) < 4.78 is 46.6. The molecule has 2 aromatic heterocycles. The van der Waals surface area contributed by atoms with Crippen LogP contribution in [-0.2, 0) is 6.18 Å². The molecule has 0 aliphatic heterocycles. The summed E-state index contributed by atoms with van der Waals surface area (Å²) in [5.41, 5.74) is 0.317. The highest BCUT2D eigenvalue weighted by atomic mass is 32.2. The number of ether oxygens (including phenoxy) is 1. The first-order chi connectivity index (χ1) is 13.4. The Morgan fingerprint density at radius 3 is 2.46 bits per heavy atom. The van der Waals surface area contributed by atoms with Crippen molar-refractivity contribution in [2.45, 2.75) is 6.18 Å². The fourth-order valence-corrected chi connectivity index (χ4v) is 2.64. The first-order valence-corrected chi connectivity index (χ1v) is 9.00. The third kappa shape index (κ3) is 4.32. The molecule has 6 nitrogen and oxygen atoms in total. The van der Waals surface area contributed by atoms with Crippen molar-refractivity contribution in [2.75, 3.05) is 11.0 Å². The minimum atomic E-state index is -4.43. The molecule has 2 heterocycles. The summed E-state index contributed by atoms with van der Waals surface area (Å²) in [6.45, 7) is 0. The van der Waals surface area contributed by atoms with E-state index in [1.165, 1.54) is 42.7 Å². The lowest BCUT2D eigenvalue weighted by molar-refractivity contribution is -0.137. The van der Waals surface area contributed by atoms with Crippen molar-refractivity contribution in [3.63, 3.8) is 0 Å². The minimum absolute atomic E-state index is 0.0820. The van der Waals surface area contributed by atoms with E-state index in [2.05, 4.69) is 19.7 Å². The number of nitriles is 1. The number of alkyl halides is 3. The maximum atomic E-state index is 12.7. The van der Waals surface area contributed by atoms with E-state index in [1.807, 2.05) is 6.07 Å². The van der Waals surface area contributed by atoms with Gasteiger partial charge in [0, 0.05) is 30.4 Å². The zero-order valence-electron chi connectivity index (χ0n) is 14.4. The predicted octanol–water partition coefficient (Wildman–Crippen LogP) is 4.91. The molecule has 142 valence electrons. The van der Waals surface area contributed by atoms with Crippen molar-refractivity contribution in [1.82, 2.24) is 15.0 Å².